The molecule has 0 radical (unpaired) electrons. The van der Waals surface area contributed by atoms with Crippen molar-refractivity contribution >= 4 is 12.1 Å². The molecule has 0 saturated heterocycles. The minimum absolute atomic E-state index is 0.152. The normalized spacial score (nSPS) is 11.0. The van der Waals surface area contributed by atoms with E-state index in [1.54, 1.807) is 52.0 Å². The maximum atomic E-state index is 12.2. The molecule has 0 fully saturated rings. The molecule has 0 aliphatic rings. The fraction of sp³-hybridized carbons (Fsp3) is 0.529. The standard InChI is InChI=1S/C17H25NO5/c1-5-22-15(20)12-18(16(21)23-17(2,3)4)11-10-13-6-8-14(19)9-7-13/h6-9,19H,5,10-12H2,1-4H3. The van der Waals surface area contributed by atoms with Gasteiger partial charge in [0, 0.05) is 6.54 Å². The Bertz CT molecular complexity index is 519. The highest BCUT2D eigenvalue weighted by Crippen LogP contribution is 2.13. The molecule has 0 saturated carbocycles. The quantitative estimate of drug-likeness (QED) is 0.815. The van der Waals surface area contributed by atoms with Crippen molar-refractivity contribution in [3.63, 3.8) is 0 Å². The van der Waals surface area contributed by atoms with Gasteiger partial charge in [-0.2, -0.15) is 0 Å². The lowest BCUT2D eigenvalue weighted by atomic mass is 10.1. The van der Waals surface area contributed by atoms with E-state index in [2.05, 4.69) is 0 Å². The molecule has 1 amide bonds. The predicted octanol–water partition coefficient (Wildman–Crippen LogP) is 2.73. The lowest BCUT2D eigenvalue weighted by Crippen LogP contribution is -2.41. The van der Waals surface area contributed by atoms with E-state index in [1.807, 2.05) is 0 Å². The summed E-state index contributed by atoms with van der Waals surface area (Å²) >= 11 is 0. The molecule has 0 unspecified atom stereocenters. The van der Waals surface area contributed by atoms with Gasteiger partial charge in [0.1, 0.15) is 17.9 Å². The van der Waals surface area contributed by atoms with Crippen LogP contribution in [-0.2, 0) is 20.7 Å². The molecule has 0 aliphatic carbocycles. The summed E-state index contributed by atoms with van der Waals surface area (Å²) < 4.78 is 10.2. The molecule has 6 heteroatoms. The third-order valence-corrected chi connectivity index (χ3v) is 2.88. The van der Waals surface area contributed by atoms with E-state index in [4.69, 9.17) is 9.47 Å². The van der Waals surface area contributed by atoms with Gasteiger partial charge in [-0.25, -0.2) is 4.79 Å². The number of phenols is 1. The summed E-state index contributed by atoms with van der Waals surface area (Å²) in [7, 11) is 0. The van der Waals surface area contributed by atoms with Crippen molar-refractivity contribution in [3.8, 4) is 5.75 Å². The van der Waals surface area contributed by atoms with Gasteiger partial charge in [0.2, 0.25) is 0 Å². The van der Waals surface area contributed by atoms with Crippen molar-refractivity contribution in [1.29, 1.82) is 0 Å². The van der Waals surface area contributed by atoms with Gasteiger partial charge in [-0.1, -0.05) is 12.1 Å². The summed E-state index contributed by atoms with van der Waals surface area (Å²) in [6.07, 6.45) is -0.0109. The molecule has 0 heterocycles. The van der Waals surface area contributed by atoms with E-state index in [9.17, 15) is 14.7 Å². The van der Waals surface area contributed by atoms with Gasteiger partial charge in [-0.3, -0.25) is 9.69 Å². The van der Waals surface area contributed by atoms with Gasteiger partial charge in [-0.15, -0.1) is 0 Å². The predicted molar refractivity (Wildman–Crippen MR) is 86.3 cm³/mol. The second-order valence-corrected chi connectivity index (χ2v) is 6.12. The molecule has 1 rings (SSSR count). The van der Waals surface area contributed by atoms with Gasteiger partial charge in [0.25, 0.3) is 0 Å². The Morgan fingerprint density at radius 1 is 1.17 bits per heavy atom. The Labute approximate surface area is 137 Å². The highest BCUT2D eigenvalue weighted by Gasteiger charge is 2.24. The largest absolute Gasteiger partial charge is 0.508 e. The van der Waals surface area contributed by atoms with E-state index < -0.39 is 17.7 Å². The van der Waals surface area contributed by atoms with E-state index in [0.29, 0.717) is 13.0 Å². The number of phenolic OH excluding ortho intramolecular Hbond substituents is 1. The maximum absolute atomic E-state index is 12.2. The monoisotopic (exact) mass is 323 g/mol. The van der Waals surface area contributed by atoms with Crippen molar-refractivity contribution in [2.45, 2.75) is 39.7 Å². The minimum Gasteiger partial charge on any atom is -0.508 e. The molecule has 128 valence electrons. The summed E-state index contributed by atoms with van der Waals surface area (Å²) in [6, 6.07) is 6.71. The topological polar surface area (TPSA) is 76.1 Å². The molecular formula is C17H25NO5. The molecule has 1 aromatic carbocycles. The van der Waals surface area contributed by atoms with E-state index in [1.165, 1.54) is 4.90 Å². The third-order valence-electron chi connectivity index (χ3n) is 2.88. The second-order valence-electron chi connectivity index (χ2n) is 6.12. The number of aromatic hydroxyl groups is 1. The smallest absolute Gasteiger partial charge is 0.410 e. The van der Waals surface area contributed by atoms with Crippen LogP contribution in [0, 0.1) is 0 Å². The third kappa shape index (κ3) is 7.54. The molecule has 1 N–H and O–H groups in total. The van der Waals surface area contributed by atoms with Crippen LogP contribution >= 0.6 is 0 Å². The Morgan fingerprint density at radius 2 is 1.78 bits per heavy atom. The van der Waals surface area contributed by atoms with Crippen LogP contribution < -0.4 is 0 Å². The minimum atomic E-state index is -0.636. The van der Waals surface area contributed by atoms with Crippen molar-refractivity contribution in [2.75, 3.05) is 19.7 Å². The Hall–Kier alpha value is -2.24. The van der Waals surface area contributed by atoms with Crippen LogP contribution in [0.4, 0.5) is 4.79 Å². The number of rotatable bonds is 6. The number of esters is 1. The zero-order chi connectivity index (χ0) is 17.5. The fourth-order valence-corrected chi connectivity index (χ4v) is 1.85. The van der Waals surface area contributed by atoms with Crippen LogP contribution in [0.25, 0.3) is 0 Å². The maximum Gasteiger partial charge on any atom is 0.410 e. The Morgan fingerprint density at radius 3 is 2.30 bits per heavy atom. The molecular weight excluding hydrogens is 298 g/mol. The first-order valence-electron chi connectivity index (χ1n) is 7.62. The molecule has 0 aliphatic heterocycles. The Kier molecular flexibility index (Phi) is 6.88. The van der Waals surface area contributed by atoms with Crippen molar-refractivity contribution in [1.82, 2.24) is 4.90 Å². The van der Waals surface area contributed by atoms with Gasteiger partial charge < -0.3 is 14.6 Å². The Balaban J connectivity index is 2.71. The molecule has 0 bridgehead atoms. The summed E-state index contributed by atoms with van der Waals surface area (Å²) in [5, 5.41) is 9.28. The van der Waals surface area contributed by atoms with Crippen LogP contribution in [0.3, 0.4) is 0 Å². The van der Waals surface area contributed by atoms with Gasteiger partial charge in [-0.05, 0) is 51.8 Å². The lowest BCUT2D eigenvalue weighted by Gasteiger charge is -2.26. The fourth-order valence-electron chi connectivity index (χ4n) is 1.85. The zero-order valence-electron chi connectivity index (χ0n) is 14.2. The van der Waals surface area contributed by atoms with Crippen LogP contribution in [0.1, 0.15) is 33.3 Å². The van der Waals surface area contributed by atoms with Crippen molar-refractivity contribution in [3.05, 3.63) is 29.8 Å². The number of hydrogen-bond acceptors (Lipinski definition) is 5. The molecule has 6 nitrogen and oxygen atoms in total. The number of amides is 1. The number of benzene rings is 1. The van der Waals surface area contributed by atoms with E-state index in [0.717, 1.165) is 5.56 Å². The number of hydrogen-bond donors (Lipinski definition) is 1. The molecule has 1 aromatic rings. The lowest BCUT2D eigenvalue weighted by molar-refractivity contribution is -0.144. The van der Waals surface area contributed by atoms with Crippen LogP contribution in [0.15, 0.2) is 24.3 Å². The van der Waals surface area contributed by atoms with Crippen LogP contribution in [0.2, 0.25) is 0 Å². The molecule has 0 aromatic heterocycles. The van der Waals surface area contributed by atoms with E-state index in [-0.39, 0.29) is 18.9 Å². The first-order valence-corrected chi connectivity index (χ1v) is 7.62. The number of carbonyl (C=O) groups is 2. The summed E-state index contributed by atoms with van der Waals surface area (Å²) in [4.78, 5) is 25.2. The van der Waals surface area contributed by atoms with Gasteiger partial charge >= 0.3 is 12.1 Å². The number of nitrogens with zero attached hydrogens (tertiary/aromatic N) is 1. The second kappa shape index (κ2) is 8.41. The van der Waals surface area contributed by atoms with Crippen molar-refractivity contribution in [2.24, 2.45) is 0 Å². The molecule has 23 heavy (non-hydrogen) atoms. The summed E-state index contributed by atoms with van der Waals surface area (Å²) in [5.74, 6) is -0.284. The van der Waals surface area contributed by atoms with E-state index >= 15 is 0 Å². The number of ether oxygens (including phenoxy) is 2. The van der Waals surface area contributed by atoms with Crippen LogP contribution in [0.5, 0.6) is 5.75 Å². The zero-order valence-corrected chi connectivity index (χ0v) is 14.2. The van der Waals surface area contributed by atoms with Gasteiger partial charge in [0.15, 0.2) is 0 Å². The first-order chi connectivity index (χ1) is 10.7. The van der Waals surface area contributed by atoms with Crippen molar-refractivity contribution < 1.29 is 24.2 Å². The van der Waals surface area contributed by atoms with Crippen LogP contribution in [-0.4, -0.2) is 47.4 Å². The average molecular weight is 323 g/mol. The van der Waals surface area contributed by atoms with Gasteiger partial charge in [0.05, 0.1) is 6.61 Å². The molecule has 0 spiro atoms. The summed E-state index contributed by atoms with van der Waals surface area (Å²) in [5.41, 5.74) is 0.308. The summed E-state index contributed by atoms with van der Waals surface area (Å²) in [6.45, 7) is 7.46. The highest BCUT2D eigenvalue weighted by atomic mass is 16.6. The molecule has 0 atom stereocenters. The SMILES string of the molecule is CCOC(=O)CN(CCc1ccc(O)cc1)C(=O)OC(C)(C)C. The number of carbonyl (C=O) groups excluding carboxylic acids is 2. The highest BCUT2D eigenvalue weighted by molar-refractivity contribution is 5.78. The average Bonchev–Trinajstić information content (AvgIpc) is 2.43. The first kappa shape index (κ1) is 18.8.